The van der Waals surface area contributed by atoms with Gasteiger partial charge in [0, 0.05) is 24.1 Å². The van der Waals surface area contributed by atoms with Crippen molar-refractivity contribution in [3.63, 3.8) is 0 Å². The van der Waals surface area contributed by atoms with Gasteiger partial charge in [-0.15, -0.1) is 0 Å². The van der Waals surface area contributed by atoms with Gasteiger partial charge in [-0.3, -0.25) is 0 Å². The predicted octanol–water partition coefficient (Wildman–Crippen LogP) is 4.62. The van der Waals surface area contributed by atoms with Crippen molar-refractivity contribution in [1.82, 2.24) is 9.97 Å². The highest BCUT2D eigenvalue weighted by Gasteiger charge is 2.21. The largest absolute Gasteiger partial charge is 0.497 e. The molecule has 2 aromatic carbocycles. The summed E-state index contributed by atoms with van der Waals surface area (Å²) in [7, 11) is 1.66. The molecule has 0 bridgehead atoms. The zero-order chi connectivity index (χ0) is 17.9. The fraction of sp³-hybridized carbons (Fsp3) is 0.238. The normalized spacial score (nSPS) is 13.2. The Morgan fingerprint density at radius 1 is 1.08 bits per heavy atom. The van der Waals surface area contributed by atoms with Crippen molar-refractivity contribution in [3.05, 3.63) is 65.9 Å². The molecule has 0 spiro atoms. The maximum atomic E-state index is 5.20. The van der Waals surface area contributed by atoms with Crippen LogP contribution in [0.5, 0.6) is 5.75 Å². The monoisotopic (exact) mass is 346 g/mol. The second-order valence-corrected chi connectivity index (χ2v) is 6.43. The Kier molecular flexibility index (Phi) is 4.44. The highest BCUT2D eigenvalue weighted by Crippen LogP contribution is 2.35. The molecule has 0 atom stereocenters. The molecule has 0 aliphatic carbocycles. The minimum atomic E-state index is 0.591. The summed E-state index contributed by atoms with van der Waals surface area (Å²) in [6.07, 6.45) is 4.05. The topological polar surface area (TPSA) is 50.3 Å². The van der Waals surface area contributed by atoms with E-state index >= 15 is 0 Å². The molecule has 5 nitrogen and oxygen atoms in total. The predicted molar refractivity (Wildman–Crippen MR) is 105 cm³/mol. The molecule has 2 heterocycles. The van der Waals surface area contributed by atoms with Crippen LogP contribution in [0.15, 0.2) is 54.7 Å². The summed E-state index contributed by atoms with van der Waals surface area (Å²) in [6.45, 7) is 3.13. The van der Waals surface area contributed by atoms with Gasteiger partial charge in [0.2, 0.25) is 5.95 Å². The minimum absolute atomic E-state index is 0.591. The van der Waals surface area contributed by atoms with Crippen molar-refractivity contribution in [2.24, 2.45) is 0 Å². The Labute approximate surface area is 153 Å². The van der Waals surface area contributed by atoms with Gasteiger partial charge >= 0.3 is 0 Å². The molecule has 1 N–H and O–H groups in total. The van der Waals surface area contributed by atoms with Crippen molar-refractivity contribution >= 4 is 23.1 Å². The molecule has 1 aliphatic rings. The molecule has 0 unspecified atom stereocenters. The van der Waals surface area contributed by atoms with Crippen molar-refractivity contribution in [3.8, 4) is 5.75 Å². The summed E-state index contributed by atoms with van der Waals surface area (Å²) in [6, 6.07) is 16.2. The molecule has 0 radical (unpaired) electrons. The lowest BCUT2D eigenvalue weighted by molar-refractivity contribution is 0.415. The van der Waals surface area contributed by atoms with Gasteiger partial charge in [-0.05, 0) is 61.2 Å². The van der Waals surface area contributed by atoms with Crippen LogP contribution >= 0.6 is 0 Å². The number of anilines is 4. The Balaban J connectivity index is 1.62. The minimum Gasteiger partial charge on any atom is -0.497 e. The Hall–Kier alpha value is -3.08. The van der Waals surface area contributed by atoms with Crippen molar-refractivity contribution in [1.29, 1.82) is 0 Å². The highest BCUT2D eigenvalue weighted by atomic mass is 16.5. The maximum absolute atomic E-state index is 5.20. The molecule has 3 aromatic rings. The molecule has 0 saturated heterocycles. The Morgan fingerprint density at radius 2 is 1.92 bits per heavy atom. The van der Waals surface area contributed by atoms with Gasteiger partial charge in [0.15, 0.2) is 0 Å². The number of rotatable bonds is 4. The van der Waals surface area contributed by atoms with E-state index in [4.69, 9.17) is 9.72 Å². The van der Waals surface area contributed by atoms with Gasteiger partial charge in [-0.25, -0.2) is 4.98 Å². The molecule has 4 rings (SSSR count). The van der Waals surface area contributed by atoms with Crippen molar-refractivity contribution in [2.75, 3.05) is 23.9 Å². The summed E-state index contributed by atoms with van der Waals surface area (Å²) in [5.74, 6) is 2.34. The average molecular weight is 346 g/mol. The maximum Gasteiger partial charge on any atom is 0.229 e. The van der Waals surface area contributed by atoms with Crippen molar-refractivity contribution < 1.29 is 4.74 Å². The van der Waals surface area contributed by atoms with Gasteiger partial charge in [0.1, 0.15) is 11.6 Å². The van der Waals surface area contributed by atoms with Gasteiger partial charge < -0.3 is 15.0 Å². The standard InChI is InChI=1S/C21H22N4O/c1-15-5-3-6-16-7-4-14-25(20(15)16)19-12-13-22-21(24-19)23-17-8-10-18(26-2)11-9-17/h3,5-6,8-13H,4,7,14H2,1-2H3,(H,22,23,24). The number of methoxy groups -OCH3 is 1. The number of para-hydroxylation sites is 1. The average Bonchev–Trinajstić information content (AvgIpc) is 2.69. The zero-order valence-electron chi connectivity index (χ0n) is 15.1. The van der Waals surface area contributed by atoms with E-state index in [0.29, 0.717) is 5.95 Å². The Morgan fingerprint density at radius 3 is 2.73 bits per heavy atom. The lowest BCUT2D eigenvalue weighted by atomic mass is 9.98. The van der Waals surface area contributed by atoms with Crippen LogP contribution < -0.4 is 15.0 Å². The first-order valence-electron chi connectivity index (χ1n) is 8.85. The molecule has 0 fully saturated rings. The van der Waals surface area contributed by atoms with Crippen LogP contribution in [0.2, 0.25) is 0 Å². The van der Waals surface area contributed by atoms with Gasteiger partial charge in [0.05, 0.1) is 7.11 Å². The van der Waals surface area contributed by atoms with Crippen LogP contribution in [0.4, 0.5) is 23.1 Å². The lowest BCUT2D eigenvalue weighted by Gasteiger charge is -2.32. The first-order valence-corrected chi connectivity index (χ1v) is 8.85. The van der Waals surface area contributed by atoms with Crippen LogP contribution in [0.3, 0.4) is 0 Å². The summed E-state index contributed by atoms with van der Waals surface area (Å²) in [4.78, 5) is 11.4. The van der Waals surface area contributed by atoms with Crippen LogP contribution in [0, 0.1) is 6.92 Å². The number of fused-ring (bicyclic) bond motifs is 1. The lowest BCUT2D eigenvalue weighted by Crippen LogP contribution is -2.26. The number of aryl methyl sites for hydroxylation is 2. The molecule has 26 heavy (non-hydrogen) atoms. The number of nitrogens with one attached hydrogen (secondary N) is 1. The molecule has 0 amide bonds. The molecule has 1 aliphatic heterocycles. The molecule has 1 aromatic heterocycles. The first-order chi connectivity index (χ1) is 12.7. The molecule has 5 heteroatoms. The van der Waals surface area contributed by atoms with E-state index in [1.54, 1.807) is 13.3 Å². The molecular formula is C21H22N4O. The van der Waals surface area contributed by atoms with E-state index in [-0.39, 0.29) is 0 Å². The highest BCUT2D eigenvalue weighted by molar-refractivity contribution is 5.69. The third-order valence-corrected chi connectivity index (χ3v) is 4.68. The van der Waals surface area contributed by atoms with Gasteiger partial charge in [0.25, 0.3) is 0 Å². The van der Waals surface area contributed by atoms with E-state index in [2.05, 4.69) is 40.3 Å². The van der Waals surface area contributed by atoms with E-state index in [1.165, 1.54) is 16.8 Å². The van der Waals surface area contributed by atoms with Crippen LogP contribution in [0.1, 0.15) is 17.5 Å². The van der Waals surface area contributed by atoms with Crippen LogP contribution in [-0.2, 0) is 6.42 Å². The second kappa shape index (κ2) is 7.04. The fourth-order valence-electron chi connectivity index (χ4n) is 3.44. The molecular weight excluding hydrogens is 324 g/mol. The quantitative estimate of drug-likeness (QED) is 0.747. The summed E-state index contributed by atoms with van der Waals surface area (Å²) in [5.41, 5.74) is 4.89. The van der Waals surface area contributed by atoms with E-state index < -0.39 is 0 Å². The summed E-state index contributed by atoms with van der Waals surface area (Å²) in [5, 5.41) is 3.27. The SMILES string of the molecule is COc1ccc(Nc2nccc(N3CCCc4cccc(C)c43)n2)cc1. The van der Waals surface area contributed by atoms with E-state index in [9.17, 15) is 0 Å². The van der Waals surface area contributed by atoms with Crippen LogP contribution in [0.25, 0.3) is 0 Å². The molecule has 132 valence electrons. The number of hydrogen-bond donors (Lipinski definition) is 1. The van der Waals surface area contributed by atoms with E-state index in [0.717, 1.165) is 36.6 Å². The van der Waals surface area contributed by atoms with Gasteiger partial charge in [-0.1, -0.05) is 18.2 Å². The fourth-order valence-corrected chi connectivity index (χ4v) is 3.44. The second-order valence-electron chi connectivity index (χ2n) is 6.43. The number of nitrogens with zero attached hydrogens (tertiary/aromatic N) is 3. The number of aromatic nitrogens is 2. The smallest absolute Gasteiger partial charge is 0.229 e. The first kappa shape index (κ1) is 16.4. The third-order valence-electron chi connectivity index (χ3n) is 4.68. The third kappa shape index (κ3) is 3.20. The number of hydrogen-bond acceptors (Lipinski definition) is 5. The summed E-state index contributed by atoms with van der Waals surface area (Å²) < 4.78 is 5.20. The van der Waals surface area contributed by atoms with E-state index in [1.807, 2.05) is 30.3 Å². The number of benzene rings is 2. The van der Waals surface area contributed by atoms with Crippen LogP contribution in [-0.4, -0.2) is 23.6 Å². The molecule has 0 saturated carbocycles. The van der Waals surface area contributed by atoms with Gasteiger partial charge in [-0.2, -0.15) is 4.98 Å². The van der Waals surface area contributed by atoms with Crippen molar-refractivity contribution in [2.45, 2.75) is 19.8 Å². The number of ether oxygens (including phenoxy) is 1. The Bertz CT molecular complexity index is 908. The zero-order valence-corrected chi connectivity index (χ0v) is 15.1. The summed E-state index contributed by atoms with van der Waals surface area (Å²) >= 11 is 0.